The Kier molecular flexibility index (Phi) is 5.98. The van der Waals surface area contributed by atoms with Gasteiger partial charge in [-0.25, -0.2) is 4.98 Å². The molecule has 0 N–H and O–H groups in total. The van der Waals surface area contributed by atoms with Gasteiger partial charge in [-0.2, -0.15) is 8.78 Å². The Labute approximate surface area is 160 Å². The molecule has 1 saturated heterocycles. The number of likely N-dealkylation sites (tertiary alicyclic amines) is 1. The molecule has 0 bridgehead atoms. The zero-order valence-electron chi connectivity index (χ0n) is 15.3. The minimum atomic E-state index is -2.61. The molecule has 1 aliphatic heterocycles. The molecule has 0 unspecified atom stereocenters. The van der Waals surface area contributed by atoms with Crippen LogP contribution in [0.4, 0.5) is 8.78 Å². The van der Waals surface area contributed by atoms with Crippen molar-refractivity contribution in [1.82, 2.24) is 19.4 Å². The maximum absolute atomic E-state index is 12.9. The van der Waals surface area contributed by atoms with Gasteiger partial charge < -0.3 is 14.4 Å². The molecule has 6 nitrogen and oxygen atoms in total. The zero-order valence-corrected chi connectivity index (χ0v) is 16.1. The molecule has 1 aromatic carbocycles. The summed E-state index contributed by atoms with van der Waals surface area (Å²) in [7, 11) is 3.46. The molecular weight excluding hydrogens is 374 g/mol. The number of amides is 2. The first-order valence-corrected chi connectivity index (χ1v) is 9.63. The number of hydrogen-bond donors (Lipinski definition) is 0. The van der Waals surface area contributed by atoms with E-state index in [-0.39, 0.29) is 29.4 Å². The monoisotopic (exact) mass is 396 g/mol. The van der Waals surface area contributed by atoms with E-state index >= 15 is 0 Å². The highest BCUT2D eigenvalue weighted by molar-refractivity contribution is 7.99. The van der Waals surface area contributed by atoms with Gasteiger partial charge in [0.1, 0.15) is 6.54 Å². The molecule has 2 aromatic rings. The van der Waals surface area contributed by atoms with Gasteiger partial charge in [0, 0.05) is 33.1 Å². The average molecular weight is 396 g/mol. The minimum Gasteiger partial charge on any atom is -0.349 e. The molecule has 2 amide bonds. The summed E-state index contributed by atoms with van der Waals surface area (Å²) in [4.78, 5) is 32.3. The van der Waals surface area contributed by atoms with Crippen molar-refractivity contribution in [3.8, 4) is 0 Å². The van der Waals surface area contributed by atoms with Crippen LogP contribution in [-0.2, 0) is 16.1 Å². The van der Waals surface area contributed by atoms with Gasteiger partial charge in [0.15, 0.2) is 5.16 Å². The lowest BCUT2D eigenvalue weighted by atomic mass is 9.95. The van der Waals surface area contributed by atoms with Gasteiger partial charge in [-0.1, -0.05) is 12.1 Å². The minimum absolute atomic E-state index is 0.0398. The summed E-state index contributed by atoms with van der Waals surface area (Å²) in [5.74, 6) is -2.74. The fourth-order valence-electron chi connectivity index (χ4n) is 3.35. The highest BCUT2D eigenvalue weighted by Gasteiger charge is 2.29. The molecule has 2 heterocycles. The number of nitrogens with zero attached hydrogens (tertiary/aromatic N) is 4. The number of alkyl halides is 2. The fraction of sp³-hybridized carbons (Fsp3) is 0.500. The molecule has 3 rings (SSSR count). The Hall–Kier alpha value is -2.16. The second kappa shape index (κ2) is 8.24. The van der Waals surface area contributed by atoms with E-state index in [2.05, 4.69) is 4.98 Å². The molecule has 1 aliphatic rings. The first kappa shape index (κ1) is 19.6. The molecular formula is C18H22F2N4O2S. The van der Waals surface area contributed by atoms with Crippen molar-refractivity contribution >= 4 is 34.6 Å². The smallest absolute Gasteiger partial charge is 0.291 e. The molecule has 0 aliphatic carbocycles. The highest BCUT2D eigenvalue weighted by atomic mass is 32.2. The van der Waals surface area contributed by atoms with E-state index in [9.17, 15) is 18.4 Å². The van der Waals surface area contributed by atoms with Crippen molar-refractivity contribution in [2.75, 3.05) is 27.2 Å². The predicted molar refractivity (Wildman–Crippen MR) is 99.6 cm³/mol. The maximum Gasteiger partial charge on any atom is 0.291 e. The molecule has 0 saturated carbocycles. The number of para-hydroxylation sites is 2. The highest BCUT2D eigenvalue weighted by Crippen LogP contribution is 2.29. The molecule has 9 heteroatoms. The standard InChI is InChI=1S/C18H22F2N4O2S/c1-22(2)16(26)12-7-9-23(10-8-12)15(25)11-24-14-6-4-3-5-13(14)21-18(24)27-17(19)20/h3-6,12,17H,7-11H2,1-2H3. The average Bonchev–Trinajstić information content (AvgIpc) is 2.97. The van der Waals surface area contributed by atoms with E-state index in [1.165, 1.54) is 0 Å². The fourth-order valence-corrected chi connectivity index (χ4v) is 3.95. The summed E-state index contributed by atoms with van der Waals surface area (Å²) >= 11 is 0.345. The molecule has 1 aromatic heterocycles. The second-order valence-corrected chi connectivity index (χ2v) is 7.69. The van der Waals surface area contributed by atoms with Crippen LogP contribution in [0, 0.1) is 5.92 Å². The van der Waals surface area contributed by atoms with Crippen LogP contribution >= 0.6 is 11.8 Å². The normalized spacial score (nSPS) is 15.5. The Morgan fingerprint density at radius 2 is 1.93 bits per heavy atom. The summed E-state index contributed by atoms with van der Waals surface area (Å²) < 4.78 is 27.3. The Balaban J connectivity index is 1.72. The number of piperidine rings is 1. The van der Waals surface area contributed by atoms with E-state index in [1.807, 2.05) is 0 Å². The first-order chi connectivity index (χ1) is 12.9. The second-order valence-electron chi connectivity index (χ2n) is 6.74. The molecule has 0 atom stereocenters. The Morgan fingerprint density at radius 1 is 1.26 bits per heavy atom. The number of hydrogen-bond acceptors (Lipinski definition) is 4. The van der Waals surface area contributed by atoms with Crippen LogP contribution in [0.2, 0.25) is 0 Å². The maximum atomic E-state index is 12.9. The molecule has 0 radical (unpaired) electrons. The van der Waals surface area contributed by atoms with Crippen LogP contribution in [0.3, 0.4) is 0 Å². The Morgan fingerprint density at radius 3 is 2.56 bits per heavy atom. The quantitative estimate of drug-likeness (QED) is 0.729. The molecule has 27 heavy (non-hydrogen) atoms. The van der Waals surface area contributed by atoms with E-state index in [0.29, 0.717) is 48.7 Å². The van der Waals surface area contributed by atoms with E-state index in [0.717, 1.165) is 0 Å². The summed E-state index contributed by atoms with van der Waals surface area (Å²) in [5.41, 5.74) is 1.25. The first-order valence-electron chi connectivity index (χ1n) is 8.76. The number of carbonyl (C=O) groups is 2. The Bertz CT molecular complexity index is 832. The predicted octanol–water partition coefficient (Wildman–Crippen LogP) is 2.68. The van der Waals surface area contributed by atoms with Crippen molar-refractivity contribution in [2.24, 2.45) is 5.92 Å². The number of halogens is 2. The molecule has 1 fully saturated rings. The van der Waals surface area contributed by atoms with Crippen LogP contribution in [0.15, 0.2) is 29.4 Å². The van der Waals surface area contributed by atoms with E-state index in [4.69, 9.17) is 0 Å². The largest absolute Gasteiger partial charge is 0.349 e. The van der Waals surface area contributed by atoms with Gasteiger partial charge in [0.25, 0.3) is 5.76 Å². The number of imidazole rings is 1. The number of benzene rings is 1. The van der Waals surface area contributed by atoms with Gasteiger partial charge in [0.05, 0.1) is 11.0 Å². The number of rotatable bonds is 5. The van der Waals surface area contributed by atoms with Gasteiger partial charge >= 0.3 is 0 Å². The van der Waals surface area contributed by atoms with Crippen molar-refractivity contribution in [3.63, 3.8) is 0 Å². The van der Waals surface area contributed by atoms with Crippen molar-refractivity contribution in [1.29, 1.82) is 0 Å². The molecule has 0 spiro atoms. The van der Waals surface area contributed by atoms with Crippen LogP contribution in [0.25, 0.3) is 11.0 Å². The van der Waals surface area contributed by atoms with Gasteiger partial charge in [-0.15, -0.1) is 0 Å². The van der Waals surface area contributed by atoms with E-state index < -0.39 is 5.76 Å². The van der Waals surface area contributed by atoms with Crippen molar-refractivity contribution < 1.29 is 18.4 Å². The lowest BCUT2D eigenvalue weighted by Gasteiger charge is -2.32. The lowest BCUT2D eigenvalue weighted by Crippen LogP contribution is -2.43. The summed E-state index contributed by atoms with van der Waals surface area (Å²) in [5, 5.41) is 0.136. The summed E-state index contributed by atoms with van der Waals surface area (Å²) in [6, 6.07) is 7.09. The van der Waals surface area contributed by atoms with Crippen LogP contribution in [-0.4, -0.2) is 64.1 Å². The summed E-state index contributed by atoms with van der Waals surface area (Å²) in [6.07, 6.45) is 1.23. The number of carbonyl (C=O) groups excluding carboxylic acids is 2. The summed E-state index contributed by atoms with van der Waals surface area (Å²) in [6.45, 7) is 0.946. The van der Waals surface area contributed by atoms with Crippen molar-refractivity contribution in [2.45, 2.75) is 30.3 Å². The van der Waals surface area contributed by atoms with Crippen LogP contribution < -0.4 is 0 Å². The third-order valence-corrected chi connectivity index (χ3v) is 5.45. The number of fused-ring (bicyclic) bond motifs is 1. The topological polar surface area (TPSA) is 58.4 Å². The van der Waals surface area contributed by atoms with Gasteiger partial charge in [-0.3, -0.25) is 9.59 Å². The van der Waals surface area contributed by atoms with E-state index in [1.54, 1.807) is 52.7 Å². The van der Waals surface area contributed by atoms with Gasteiger partial charge in [-0.05, 0) is 36.7 Å². The lowest BCUT2D eigenvalue weighted by molar-refractivity contribution is -0.139. The molecule has 146 valence electrons. The van der Waals surface area contributed by atoms with Gasteiger partial charge in [0.2, 0.25) is 11.8 Å². The number of thioether (sulfide) groups is 1. The van der Waals surface area contributed by atoms with Crippen LogP contribution in [0.1, 0.15) is 12.8 Å². The SMILES string of the molecule is CN(C)C(=O)C1CCN(C(=O)Cn2c(SC(F)F)nc3ccccc32)CC1. The zero-order chi connectivity index (χ0) is 19.6. The third kappa shape index (κ3) is 4.40. The van der Waals surface area contributed by atoms with Crippen LogP contribution in [0.5, 0.6) is 0 Å². The third-order valence-electron chi connectivity index (χ3n) is 4.75. The van der Waals surface area contributed by atoms with Crippen molar-refractivity contribution in [3.05, 3.63) is 24.3 Å². The number of aromatic nitrogens is 2.